The van der Waals surface area contributed by atoms with Crippen LogP contribution in [0.5, 0.6) is 0 Å². The SMILES string of the molecule is CCCC(=O)NCCCCC(CO)CC(C)C. The van der Waals surface area contributed by atoms with E-state index in [2.05, 4.69) is 19.2 Å². The van der Waals surface area contributed by atoms with E-state index in [9.17, 15) is 9.90 Å². The molecule has 1 atom stereocenters. The number of hydrogen-bond donors (Lipinski definition) is 2. The quantitative estimate of drug-likeness (QED) is 0.580. The fourth-order valence-corrected chi connectivity index (χ4v) is 2.05. The Morgan fingerprint density at radius 2 is 2.00 bits per heavy atom. The number of hydrogen-bond acceptors (Lipinski definition) is 2. The summed E-state index contributed by atoms with van der Waals surface area (Å²) in [5.74, 6) is 1.24. The molecule has 0 saturated carbocycles. The molecule has 2 N–H and O–H groups in total. The lowest BCUT2D eigenvalue weighted by molar-refractivity contribution is -0.121. The van der Waals surface area contributed by atoms with E-state index < -0.39 is 0 Å². The zero-order valence-electron chi connectivity index (χ0n) is 11.7. The molecule has 3 heteroatoms. The van der Waals surface area contributed by atoms with Gasteiger partial charge in [-0.25, -0.2) is 0 Å². The van der Waals surface area contributed by atoms with Crippen LogP contribution in [0.25, 0.3) is 0 Å². The maximum absolute atomic E-state index is 11.2. The van der Waals surface area contributed by atoms with Gasteiger partial charge in [-0.15, -0.1) is 0 Å². The van der Waals surface area contributed by atoms with Crippen LogP contribution in [0.4, 0.5) is 0 Å². The van der Waals surface area contributed by atoms with Crippen molar-refractivity contribution >= 4 is 5.91 Å². The minimum absolute atomic E-state index is 0.161. The lowest BCUT2D eigenvalue weighted by Crippen LogP contribution is -2.24. The third-order valence-electron chi connectivity index (χ3n) is 2.90. The standard InChI is InChI=1S/C14H29NO2/c1-4-7-14(17)15-9-6-5-8-13(11-16)10-12(2)3/h12-13,16H,4-11H2,1-3H3,(H,15,17). The molecule has 0 fully saturated rings. The first-order chi connectivity index (χ1) is 8.10. The summed E-state index contributed by atoms with van der Waals surface area (Å²) in [7, 11) is 0. The van der Waals surface area contributed by atoms with Crippen molar-refractivity contribution in [2.24, 2.45) is 11.8 Å². The summed E-state index contributed by atoms with van der Waals surface area (Å²) >= 11 is 0. The first kappa shape index (κ1) is 16.4. The monoisotopic (exact) mass is 243 g/mol. The predicted molar refractivity (Wildman–Crippen MR) is 71.8 cm³/mol. The van der Waals surface area contributed by atoms with Gasteiger partial charge in [0.15, 0.2) is 0 Å². The summed E-state index contributed by atoms with van der Waals surface area (Å²) in [4.78, 5) is 11.2. The molecule has 0 heterocycles. The average Bonchev–Trinajstić information content (AvgIpc) is 2.26. The van der Waals surface area contributed by atoms with Crippen molar-refractivity contribution in [2.45, 2.75) is 59.3 Å². The Labute approximate surface area is 106 Å². The number of nitrogens with one attached hydrogen (secondary N) is 1. The summed E-state index contributed by atoms with van der Waals surface area (Å²) < 4.78 is 0. The second-order valence-corrected chi connectivity index (χ2v) is 5.27. The zero-order chi connectivity index (χ0) is 13.1. The van der Waals surface area contributed by atoms with Gasteiger partial charge in [-0.1, -0.05) is 27.2 Å². The smallest absolute Gasteiger partial charge is 0.219 e. The fourth-order valence-electron chi connectivity index (χ4n) is 2.05. The number of amides is 1. The molecule has 0 saturated heterocycles. The van der Waals surface area contributed by atoms with E-state index >= 15 is 0 Å². The molecule has 1 amide bonds. The Bertz CT molecular complexity index is 193. The van der Waals surface area contributed by atoms with Gasteiger partial charge in [0.2, 0.25) is 5.91 Å². The molecule has 0 aliphatic carbocycles. The number of aliphatic hydroxyl groups is 1. The molecule has 3 nitrogen and oxygen atoms in total. The van der Waals surface area contributed by atoms with Crippen LogP contribution < -0.4 is 5.32 Å². The molecule has 17 heavy (non-hydrogen) atoms. The molecule has 1 unspecified atom stereocenters. The zero-order valence-corrected chi connectivity index (χ0v) is 11.7. The van der Waals surface area contributed by atoms with E-state index in [0.717, 1.165) is 38.6 Å². The molecular weight excluding hydrogens is 214 g/mol. The Morgan fingerprint density at radius 1 is 1.29 bits per heavy atom. The van der Waals surface area contributed by atoms with E-state index in [0.29, 0.717) is 24.9 Å². The fraction of sp³-hybridized carbons (Fsp3) is 0.929. The highest BCUT2D eigenvalue weighted by atomic mass is 16.3. The van der Waals surface area contributed by atoms with Crippen LogP contribution in [0.2, 0.25) is 0 Å². The van der Waals surface area contributed by atoms with Gasteiger partial charge < -0.3 is 10.4 Å². The molecule has 102 valence electrons. The Kier molecular flexibility index (Phi) is 10.2. The number of aliphatic hydroxyl groups excluding tert-OH is 1. The van der Waals surface area contributed by atoms with Crippen LogP contribution in [0, 0.1) is 11.8 Å². The molecule has 0 rings (SSSR count). The van der Waals surface area contributed by atoms with E-state index in [-0.39, 0.29) is 5.91 Å². The van der Waals surface area contributed by atoms with E-state index in [4.69, 9.17) is 0 Å². The maximum atomic E-state index is 11.2. The second kappa shape index (κ2) is 10.6. The van der Waals surface area contributed by atoms with Gasteiger partial charge in [0, 0.05) is 19.6 Å². The van der Waals surface area contributed by atoms with Gasteiger partial charge in [-0.05, 0) is 37.5 Å². The normalized spacial score (nSPS) is 12.8. The van der Waals surface area contributed by atoms with Crippen molar-refractivity contribution in [3.8, 4) is 0 Å². The third-order valence-corrected chi connectivity index (χ3v) is 2.90. The molecule has 0 aromatic carbocycles. The van der Waals surface area contributed by atoms with Gasteiger partial charge in [-0.3, -0.25) is 4.79 Å². The Morgan fingerprint density at radius 3 is 2.53 bits per heavy atom. The molecule has 0 aliphatic heterocycles. The van der Waals surface area contributed by atoms with Crippen LogP contribution in [0.1, 0.15) is 59.3 Å². The Balaban J connectivity index is 3.45. The summed E-state index contributed by atoms with van der Waals surface area (Å²) in [5.41, 5.74) is 0. The van der Waals surface area contributed by atoms with Crippen LogP contribution in [-0.2, 0) is 4.79 Å². The first-order valence-corrected chi connectivity index (χ1v) is 6.97. The van der Waals surface area contributed by atoms with Crippen molar-refractivity contribution < 1.29 is 9.90 Å². The van der Waals surface area contributed by atoms with Crippen molar-refractivity contribution in [3.63, 3.8) is 0 Å². The van der Waals surface area contributed by atoms with Gasteiger partial charge in [-0.2, -0.15) is 0 Å². The lowest BCUT2D eigenvalue weighted by Gasteiger charge is -2.16. The van der Waals surface area contributed by atoms with Crippen LogP contribution >= 0.6 is 0 Å². The van der Waals surface area contributed by atoms with Crippen molar-refractivity contribution in [1.82, 2.24) is 5.32 Å². The number of rotatable bonds is 10. The van der Waals surface area contributed by atoms with Gasteiger partial charge in [0.05, 0.1) is 0 Å². The van der Waals surface area contributed by atoms with Crippen LogP contribution in [-0.4, -0.2) is 24.2 Å². The number of carbonyl (C=O) groups is 1. The predicted octanol–water partition coefficient (Wildman–Crippen LogP) is 2.73. The molecule has 0 bridgehead atoms. The maximum Gasteiger partial charge on any atom is 0.219 e. The van der Waals surface area contributed by atoms with E-state index in [1.54, 1.807) is 0 Å². The average molecular weight is 243 g/mol. The largest absolute Gasteiger partial charge is 0.396 e. The van der Waals surface area contributed by atoms with Crippen molar-refractivity contribution in [3.05, 3.63) is 0 Å². The van der Waals surface area contributed by atoms with Crippen LogP contribution in [0.3, 0.4) is 0 Å². The highest BCUT2D eigenvalue weighted by Crippen LogP contribution is 2.17. The van der Waals surface area contributed by atoms with E-state index in [1.165, 1.54) is 0 Å². The molecule has 0 aromatic heterocycles. The highest BCUT2D eigenvalue weighted by molar-refractivity contribution is 5.75. The third kappa shape index (κ3) is 10.3. The minimum Gasteiger partial charge on any atom is -0.396 e. The summed E-state index contributed by atoms with van der Waals surface area (Å²) in [6, 6.07) is 0. The topological polar surface area (TPSA) is 49.3 Å². The molecular formula is C14H29NO2. The summed E-state index contributed by atoms with van der Waals surface area (Å²) in [6.07, 6.45) is 5.81. The molecule has 0 spiro atoms. The number of unbranched alkanes of at least 4 members (excludes halogenated alkanes) is 1. The summed E-state index contributed by atoms with van der Waals surface area (Å²) in [5, 5.41) is 12.1. The second-order valence-electron chi connectivity index (χ2n) is 5.27. The first-order valence-electron chi connectivity index (χ1n) is 6.97. The molecule has 0 radical (unpaired) electrons. The van der Waals surface area contributed by atoms with Gasteiger partial charge in [0.1, 0.15) is 0 Å². The molecule has 0 aromatic rings. The highest BCUT2D eigenvalue weighted by Gasteiger charge is 2.09. The minimum atomic E-state index is 0.161. The van der Waals surface area contributed by atoms with E-state index in [1.807, 2.05) is 6.92 Å². The lowest BCUT2D eigenvalue weighted by atomic mass is 9.93. The summed E-state index contributed by atoms with van der Waals surface area (Å²) in [6.45, 7) is 7.46. The van der Waals surface area contributed by atoms with Gasteiger partial charge in [0.25, 0.3) is 0 Å². The van der Waals surface area contributed by atoms with Gasteiger partial charge >= 0.3 is 0 Å². The van der Waals surface area contributed by atoms with Crippen LogP contribution in [0.15, 0.2) is 0 Å². The number of carbonyl (C=O) groups excluding carboxylic acids is 1. The van der Waals surface area contributed by atoms with Crippen molar-refractivity contribution in [1.29, 1.82) is 0 Å². The van der Waals surface area contributed by atoms with Crippen molar-refractivity contribution in [2.75, 3.05) is 13.2 Å². The molecule has 0 aliphatic rings. The Hall–Kier alpha value is -0.570.